The predicted molar refractivity (Wildman–Crippen MR) is 108 cm³/mol. The molecule has 2 N–H and O–H groups in total. The van der Waals surface area contributed by atoms with Crippen LogP contribution in [0.1, 0.15) is 23.7 Å². The van der Waals surface area contributed by atoms with Crippen LogP contribution in [0.4, 0.5) is 0 Å². The van der Waals surface area contributed by atoms with E-state index < -0.39 is 23.4 Å². The minimum absolute atomic E-state index is 0.144. The van der Waals surface area contributed by atoms with Gasteiger partial charge in [-0.15, -0.1) is 0 Å². The molecule has 2 saturated heterocycles. The highest BCUT2D eigenvalue weighted by molar-refractivity contribution is 5.11. The first-order chi connectivity index (χ1) is 15.2. The fourth-order valence-electron chi connectivity index (χ4n) is 3.53. The Morgan fingerprint density at radius 1 is 0.774 bits per heavy atom. The lowest BCUT2D eigenvalue weighted by Crippen LogP contribution is -2.48. The van der Waals surface area contributed by atoms with Gasteiger partial charge >= 0.3 is 0 Å². The molecule has 2 fully saturated rings. The second-order valence-electron chi connectivity index (χ2n) is 8.29. The van der Waals surface area contributed by atoms with E-state index in [4.69, 9.17) is 23.7 Å². The van der Waals surface area contributed by atoms with Crippen LogP contribution < -0.4 is 0 Å². The highest BCUT2D eigenvalue weighted by atomic mass is 16.7. The van der Waals surface area contributed by atoms with E-state index in [0.29, 0.717) is 0 Å². The van der Waals surface area contributed by atoms with Gasteiger partial charge in [0.2, 0.25) is 0 Å². The Kier molecular flexibility index (Phi) is 7.24. The molecule has 9 nitrogen and oxygen atoms in total. The molecule has 0 unspecified atom stereocenters. The van der Waals surface area contributed by atoms with Crippen molar-refractivity contribution in [3.8, 4) is 0 Å². The molecule has 2 aliphatic heterocycles. The van der Waals surface area contributed by atoms with Crippen LogP contribution in [0.15, 0.2) is 49.1 Å². The van der Waals surface area contributed by atoms with Gasteiger partial charge in [-0.2, -0.15) is 0 Å². The van der Waals surface area contributed by atoms with E-state index in [9.17, 15) is 10.2 Å². The van der Waals surface area contributed by atoms with Crippen molar-refractivity contribution in [2.45, 2.75) is 12.6 Å². The van der Waals surface area contributed by atoms with Crippen molar-refractivity contribution >= 4 is 0 Å². The Hall–Kier alpha value is -1.98. The summed E-state index contributed by atoms with van der Waals surface area (Å²) < 4.78 is 29.2. The number of nitrogens with zero attached hydrogens (tertiary/aromatic N) is 2. The van der Waals surface area contributed by atoms with Crippen LogP contribution in [0.5, 0.6) is 0 Å². The average Bonchev–Trinajstić information content (AvgIpc) is 2.86. The fourth-order valence-corrected chi connectivity index (χ4v) is 3.53. The quantitative estimate of drug-likeness (QED) is 0.636. The van der Waals surface area contributed by atoms with Crippen molar-refractivity contribution < 1.29 is 33.9 Å². The highest BCUT2D eigenvalue weighted by Gasteiger charge is 2.41. The van der Waals surface area contributed by atoms with Gasteiger partial charge in [0.05, 0.1) is 63.7 Å². The maximum Gasteiger partial charge on any atom is 0.185 e. The molecule has 0 amide bonds. The molecule has 4 rings (SSSR count). The molecule has 2 aromatic heterocycles. The Morgan fingerprint density at radius 2 is 1.19 bits per heavy atom. The third-order valence-corrected chi connectivity index (χ3v) is 5.56. The molecule has 4 heterocycles. The standard InChI is InChI=1S/C22H28N2O7/c25-9-21(13-28-19(29-14-21)17-3-1-5-23-7-17)11-27-12-22(10-26)15-30-20(31-16-22)18-4-2-6-24-8-18/h1-8,19-20,25-26H,9-16H2. The molecular formula is C22H28N2O7. The van der Waals surface area contributed by atoms with Crippen LogP contribution in [-0.2, 0) is 23.7 Å². The number of aliphatic hydroxyl groups excluding tert-OH is 2. The van der Waals surface area contributed by atoms with Crippen molar-refractivity contribution in [1.82, 2.24) is 9.97 Å². The zero-order valence-corrected chi connectivity index (χ0v) is 17.3. The summed E-state index contributed by atoms with van der Waals surface area (Å²) in [6, 6.07) is 7.40. The summed E-state index contributed by atoms with van der Waals surface area (Å²) in [6.45, 7) is 1.28. The van der Waals surface area contributed by atoms with Gasteiger partial charge in [-0.25, -0.2) is 0 Å². The van der Waals surface area contributed by atoms with E-state index in [1.807, 2.05) is 24.3 Å². The Bertz CT molecular complexity index is 725. The van der Waals surface area contributed by atoms with Gasteiger partial charge in [-0.1, -0.05) is 12.1 Å². The largest absolute Gasteiger partial charge is 0.396 e. The minimum atomic E-state index is -0.677. The van der Waals surface area contributed by atoms with E-state index in [2.05, 4.69) is 9.97 Å². The van der Waals surface area contributed by atoms with Crippen molar-refractivity contribution in [3.63, 3.8) is 0 Å². The number of pyridine rings is 2. The summed E-state index contributed by atoms with van der Waals surface area (Å²) in [5, 5.41) is 19.9. The van der Waals surface area contributed by atoms with Crippen LogP contribution in [0.2, 0.25) is 0 Å². The van der Waals surface area contributed by atoms with Crippen molar-refractivity contribution in [2.24, 2.45) is 10.8 Å². The first-order valence-electron chi connectivity index (χ1n) is 10.2. The summed E-state index contributed by atoms with van der Waals surface area (Å²) in [5.41, 5.74) is 0.302. The Morgan fingerprint density at radius 3 is 1.52 bits per heavy atom. The van der Waals surface area contributed by atoms with Crippen LogP contribution in [-0.4, -0.2) is 73.0 Å². The molecule has 168 valence electrons. The van der Waals surface area contributed by atoms with Gasteiger partial charge in [0.1, 0.15) is 0 Å². The topological polar surface area (TPSA) is 112 Å². The predicted octanol–water partition coefficient (Wildman–Crippen LogP) is 1.24. The molecule has 2 aromatic rings. The zero-order valence-electron chi connectivity index (χ0n) is 17.3. The van der Waals surface area contributed by atoms with E-state index >= 15 is 0 Å². The van der Waals surface area contributed by atoms with Gasteiger partial charge in [-0.05, 0) is 12.1 Å². The average molecular weight is 432 g/mol. The summed E-state index contributed by atoms with van der Waals surface area (Å²) in [5.74, 6) is 0. The third kappa shape index (κ3) is 5.27. The smallest absolute Gasteiger partial charge is 0.185 e. The van der Waals surface area contributed by atoms with Gasteiger partial charge in [0.15, 0.2) is 12.6 Å². The normalized spacial score (nSPS) is 31.4. The van der Waals surface area contributed by atoms with Gasteiger partial charge in [-0.3, -0.25) is 9.97 Å². The number of ether oxygens (including phenoxy) is 5. The van der Waals surface area contributed by atoms with E-state index in [1.165, 1.54) is 0 Å². The minimum Gasteiger partial charge on any atom is -0.396 e. The van der Waals surface area contributed by atoms with Gasteiger partial charge in [0.25, 0.3) is 0 Å². The van der Waals surface area contributed by atoms with Gasteiger partial charge in [0, 0.05) is 35.9 Å². The molecule has 0 atom stereocenters. The van der Waals surface area contributed by atoms with Gasteiger partial charge < -0.3 is 33.9 Å². The fraction of sp³-hybridized carbons (Fsp3) is 0.545. The molecule has 0 spiro atoms. The first-order valence-corrected chi connectivity index (χ1v) is 10.2. The van der Waals surface area contributed by atoms with Crippen LogP contribution in [0.3, 0.4) is 0 Å². The number of hydrogen-bond acceptors (Lipinski definition) is 9. The number of aromatic nitrogens is 2. The number of aliphatic hydroxyl groups is 2. The maximum absolute atomic E-state index is 9.96. The molecule has 0 radical (unpaired) electrons. The van der Waals surface area contributed by atoms with Crippen LogP contribution >= 0.6 is 0 Å². The highest BCUT2D eigenvalue weighted by Crippen LogP contribution is 2.34. The molecule has 0 aromatic carbocycles. The summed E-state index contributed by atoms with van der Waals surface area (Å²) >= 11 is 0. The van der Waals surface area contributed by atoms with Crippen LogP contribution in [0.25, 0.3) is 0 Å². The molecule has 2 aliphatic rings. The van der Waals surface area contributed by atoms with E-state index in [1.54, 1.807) is 24.8 Å². The molecule has 0 aliphatic carbocycles. The SMILES string of the molecule is OCC1(COCC2(CO)COC(c3cccnc3)OC2)COC(c2cccnc2)OC1. The first kappa shape index (κ1) is 22.2. The Balaban J connectivity index is 1.27. The third-order valence-electron chi connectivity index (χ3n) is 5.56. The van der Waals surface area contributed by atoms with Crippen molar-refractivity contribution in [3.05, 3.63) is 60.2 Å². The maximum atomic E-state index is 9.96. The lowest BCUT2D eigenvalue weighted by atomic mass is 9.89. The van der Waals surface area contributed by atoms with Crippen molar-refractivity contribution in [2.75, 3.05) is 52.9 Å². The van der Waals surface area contributed by atoms with E-state index in [0.717, 1.165) is 11.1 Å². The zero-order chi connectivity index (χ0) is 21.6. The molecule has 31 heavy (non-hydrogen) atoms. The Labute approximate surface area is 180 Å². The summed E-state index contributed by atoms with van der Waals surface area (Å²) in [6.07, 6.45) is 5.74. The van der Waals surface area contributed by atoms with Crippen molar-refractivity contribution in [1.29, 1.82) is 0 Å². The number of hydrogen-bond donors (Lipinski definition) is 2. The van der Waals surface area contributed by atoms with Crippen LogP contribution in [0, 0.1) is 10.8 Å². The monoisotopic (exact) mass is 432 g/mol. The number of rotatable bonds is 8. The molecular weight excluding hydrogens is 404 g/mol. The second kappa shape index (κ2) is 10.1. The molecule has 9 heteroatoms. The summed E-state index contributed by atoms with van der Waals surface area (Å²) in [4.78, 5) is 8.15. The van der Waals surface area contributed by atoms with E-state index in [-0.39, 0.29) is 52.9 Å². The second-order valence-corrected chi connectivity index (χ2v) is 8.29. The lowest BCUT2D eigenvalue weighted by molar-refractivity contribution is -0.267. The lowest BCUT2D eigenvalue weighted by Gasteiger charge is -2.41. The molecule has 0 bridgehead atoms. The molecule has 0 saturated carbocycles. The summed E-state index contributed by atoms with van der Waals surface area (Å²) in [7, 11) is 0.